The Morgan fingerprint density at radius 2 is 2.11 bits per heavy atom. The highest BCUT2D eigenvalue weighted by atomic mass is 127. The zero-order valence-corrected chi connectivity index (χ0v) is 19.9. The van der Waals surface area contributed by atoms with Gasteiger partial charge in [0.25, 0.3) is 0 Å². The first-order chi connectivity index (χ1) is 12.7. The molecular weight excluding hydrogens is 469 g/mol. The van der Waals surface area contributed by atoms with Gasteiger partial charge in [-0.1, -0.05) is 44.2 Å². The number of hydrogen-bond donors (Lipinski definition) is 1. The maximum absolute atomic E-state index is 6.14. The van der Waals surface area contributed by atoms with E-state index in [-0.39, 0.29) is 30.1 Å². The van der Waals surface area contributed by atoms with Gasteiger partial charge in [0.2, 0.25) is 0 Å². The average Bonchev–Trinajstić information content (AvgIpc) is 2.69. The van der Waals surface area contributed by atoms with E-state index in [1.165, 1.54) is 17.7 Å². The topological polar surface area (TPSA) is 36.9 Å². The maximum atomic E-state index is 6.14. The van der Waals surface area contributed by atoms with E-state index < -0.39 is 0 Å². The number of rotatable bonds is 4. The molecule has 3 atom stereocenters. The SMILES string of the molecule is CN=C(NCC1CCCOC1c1ccccc1)N1CCSC(C(C)C)C1.I. The lowest BCUT2D eigenvalue weighted by Crippen LogP contribution is -2.50. The first-order valence-electron chi connectivity index (χ1n) is 9.92. The summed E-state index contributed by atoms with van der Waals surface area (Å²) < 4.78 is 6.14. The van der Waals surface area contributed by atoms with Gasteiger partial charge in [0, 0.05) is 50.2 Å². The summed E-state index contributed by atoms with van der Waals surface area (Å²) in [4.78, 5) is 7.00. The molecule has 0 amide bonds. The zero-order valence-electron chi connectivity index (χ0n) is 16.8. The number of nitrogens with one attached hydrogen (secondary N) is 1. The van der Waals surface area contributed by atoms with Crippen LogP contribution in [0.1, 0.15) is 38.4 Å². The molecule has 1 N–H and O–H groups in total. The normalized spacial score (nSPS) is 26.6. The van der Waals surface area contributed by atoms with Gasteiger partial charge in [-0.3, -0.25) is 4.99 Å². The number of aliphatic imine (C=N–C) groups is 1. The minimum atomic E-state index is 0. The molecule has 4 nitrogen and oxygen atoms in total. The second-order valence-corrected chi connectivity index (χ2v) is 8.98. The summed E-state index contributed by atoms with van der Waals surface area (Å²) >= 11 is 2.10. The standard InChI is InChI=1S/C21H33N3OS.HI/c1-16(2)19-15-24(11-13-26-19)21(22-3)23-14-18-10-7-12-25-20(18)17-8-5-4-6-9-17;/h4-6,8-9,16,18-20H,7,10-15H2,1-3H3,(H,22,23);1H. The Kier molecular flexibility index (Phi) is 9.73. The molecule has 2 aliphatic rings. The van der Waals surface area contributed by atoms with E-state index in [0.29, 0.717) is 17.1 Å². The van der Waals surface area contributed by atoms with Crippen LogP contribution in [0, 0.1) is 11.8 Å². The van der Waals surface area contributed by atoms with Crippen LogP contribution in [-0.4, -0.2) is 55.2 Å². The molecule has 2 saturated heterocycles. The van der Waals surface area contributed by atoms with Crippen molar-refractivity contribution in [2.45, 2.75) is 38.0 Å². The first-order valence-corrected chi connectivity index (χ1v) is 11.0. The van der Waals surface area contributed by atoms with Gasteiger partial charge in [-0.2, -0.15) is 11.8 Å². The number of thioether (sulfide) groups is 1. The summed E-state index contributed by atoms with van der Waals surface area (Å²) in [7, 11) is 1.90. The summed E-state index contributed by atoms with van der Waals surface area (Å²) in [6, 6.07) is 10.7. The van der Waals surface area contributed by atoms with Crippen molar-refractivity contribution in [3.63, 3.8) is 0 Å². The molecule has 0 aliphatic carbocycles. The lowest BCUT2D eigenvalue weighted by Gasteiger charge is -2.38. The molecule has 0 aromatic heterocycles. The van der Waals surface area contributed by atoms with Gasteiger partial charge >= 0.3 is 0 Å². The molecule has 27 heavy (non-hydrogen) atoms. The maximum Gasteiger partial charge on any atom is 0.193 e. The van der Waals surface area contributed by atoms with Crippen molar-refractivity contribution in [2.75, 3.05) is 39.0 Å². The van der Waals surface area contributed by atoms with Crippen molar-refractivity contribution in [1.29, 1.82) is 0 Å². The molecule has 1 aromatic carbocycles. The van der Waals surface area contributed by atoms with Crippen molar-refractivity contribution in [3.8, 4) is 0 Å². The molecule has 0 bridgehead atoms. The van der Waals surface area contributed by atoms with E-state index in [1.807, 2.05) is 7.05 Å². The molecule has 3 unspecified atom stereocenters. The Balaban J connectivity index is 0.00000261. The van der Waals surface area contributed by atoms with Crippen LogP contribution in [0.2, 0.25) is 0 Å². The van der Waals surface area contributed by atoms with E-state index in [0.717, 1.165) is 38.6 Å². The van der Waals surface area contributed by atoms with E-state index in [9.17, 15) is 0 Å². The Bertz CT molecular complexity index is 584. The second kappa shape index (κ2) is 11.5. The van der Waals surface area contributed by atoms with E-state index >= 15 is 0 Å². The molecule has 3 rings (SSSR count). The average molecular weight is 503 g/mol. The smallest absolute Gasteiger partial charge is 0.193 e. The van der Waals surface area contributed by atoms with Crippen molar-refractivity contribution in [1.82, 2.24) is 10.2 Å². The summed E-state index contributed by atoms with van der Waals surface area (Å²) in [5.41, 5.74) is 1.29. The van der Waals surface area contributed by atoms with Crippen molar-refractivity contribution < 1.29 is 4.74 Å². The lowest BCUT2D eigenvalue weighted by atomic mass is 9.89. The van der Waals surface area contributed by atoms with E-state index in [2.05, 4.69) is 71.2 Å². The molecule has 2 heterocycles. The number of nitrogens with zero attached hydrogens (tertiary/aromatic N) is 2. The van der Waals surface area contributed by atoms with E-state index in [4.69, 9.17) is 4.74 Å². The Morgan fingerprint density at radius 3 is 2.81 bits per heavy atom. The Labute approximate surface area is 185 Å². The predicted molar refractivity (Wildman–Crippen MR) is 127 cm³/mol. The summed E-state index contributed by atoms with van der Waals surface area (Å²) in [6.07, 6.45) is 2.54. The first kappa shape index (κ1) is 22.8. The molecule has 1 aromatic rings. The van der Waals surface area contributed by atoms with Crippen molar-refractivity contribution >= 4 is 41.7 Å². The third kappa shape index (κ3) is 6.26. The zero-order chi connectivity index (χ0) is 18.4. The highest BCUT2D eigenvalue weighted by Gasteiger charge is 2.29. The number of guanidine groups is 1. The van der Waals surface area contributed by atoms with E-state index in [1.54, 1.807) is 0 Å². The van der Waals surface area contributed by atoms with Crippen LogP contribution in [0.4, 0.5) is 0 Å². The molecule has 6 heteroatoms. The summed E-state index contributed by atoms with van der Waals surface area (Å²) in [6.45, 7) is 8.59. The molecule has 2 fully saturated rings. The fourth-order valence-corrected chi connectivity index (χ4v) is 5.19. The molecule has 0 saturated carbocycles. The molecule has 2 aliphatic heterocycles. The second-order valence-electron chi connectivity index (χ2n) is 7.63. The molecule has 152 valence electrons. The van der Waals surface area contributed by atoms with Crippen LogP contribution < -0.4 is 5.32 Å². The van der Waals surface area contributed by atoms with Gasteiger partial charge in [-0.05, 0) is 24.3 Å². The van der Waals surface area contributed by atoms with Gasteiger partial charge in [-0.25, -0.2) is 0 Å². The third-order valence-corrected chi connectivity index (χ3v) is 6.98. The minimum absolute atomic E-state index is 0. The van der Waals surface area contributed by atoms with Gasteiger partial charge < -0.3 is 15.0 Å². The predicted octanol–water partition coefficient (Wildman–Crippen LogP) is 4.42. The van der Waals surface area contributed by atoms with Crippen molar-refractivity contribution in [2.24, 2.45) is 16.8 Å². The Hall–Kier alpha value is -0.470. The monoisotopic (exact) mass is 503 g/mol. The summed E-state index contributed by atoms with van der Waals surface area (Å²) in [5, 5.41) is 4.35. The number of ether oxygens (including phenoxy) is 1. The van der Waals surface area contributed by atoms with Crippen LogP contribution in [0.25, 0.3) is 0 Å². The molecule has 0 spiro atoms. The number of hydrogen-bond acceptors (Lipinski definition) is 3. The van der Waals surface area contributed by atoms with Crippen LogP contribution >= 0.6 is 35.7 Å². The van der Waals surface area contributed by atoms with Gasteiger partial charge in [0.1, 0.15) is 0 Å². The van der Waals surface area contributed by atoms with Crippen LogP contribution in [-0.2, 0) is 4.74 Å². The Morgan fingerprint density at radius 1 is 1.33 bits per heavy atom. The molecule has 0 radical (unpaired) electrons. The third-order valence-electron chi connectivity index (χ3n) is 5.44. The van der Waals surface area contributed by atoms with Gasteiger partial charge in [0.15, 0.2) is 5.96 Å². The number of halogens is 1. The highest BCUT2D eigenvalue weighted by Crippen LogP contribution is 2.33. The van der Waals surface area contributed by atoms with Gasteiger partial charge in [0.05, 0.1) is 6.10 Å². The fraction of sp³-hybridized carbons (Fsp3) is 0.667. The van der Waals surface area contributed by atoms with Crippen molar-refractivity contribution in [3.05, 3.63) is 35.9 Å². The number of benzene rings is 1. The van der Waals surface area contributed by atoms with Gasteiger partial charge in [-0.15, -0.1) is 24.0 Å². The quantitative estimate of drug-likeness (QED) is 0.375. The lowest BCUT2D eigenvalue weighted by molar-refractivity contribution is -0.0266. The minimum Gasteiger partial charge on any atom is -0.373 e. The fourth-order valence-electron chi connectivity index (χ4n) is 3.89. The van der Waals surface area contributed by atoms with Crippen LogP contribution in [0.5, 0.6) is 0 Å². The largest absolute Gasteiger partial charge is 0.373 e. The highest BCUT2D eigenvalue weighted by molar-refractivity contribution is 14.0. The summed E-state index contributed by atoms with van der Waals surface area (Å²) in [5.74, 6) is 3.43. The van der Waals surface area contributed by atoms with Crippen LogP contribution in [0.3, 0.4) is 0 Å². The van der Waals surface area contributed by atoms with Crippen LogP contribution in [0.15, 0.2) is 35.3 Å². The molecular formula is C21H34IN3OS.